The molecule has 0 spiro atoms. The molecular weight excluding hydrogens is 406 g/mol. The first kappa shape index (κ1) is 19.1. The fourth-order valence-corrected chi connectivity index (χ4v) is 4.37. The Balaban J connectivity index is 1.36. The van der Waals surface area contributed by atoms with Crippen molar-refractivity contribution in [2.24, 2.45) is 0 Å². The fraction of sp³-hybridized carbons (Fsp3) is 0.0345. The minimum absolute atomic E-state index is 0.699. The third-order valence-electron chi connectivity index (χ3n) is 5.93. The van der Waals surface area contributed by atoms with Crippen LogP contribution in [-0.4, -0.2) is 9.97 Å². The van der Waals surface area contributed by atoms with Crippen molar-refractivity contribution < 1.29 is 4.74 Å². The largest absolute Gasteiger partial charge is 0.457 e. The molecular formula is C29H19N3O. The smallest absolute Gasteiger partial charge is 0.141 e. The molecule has 0 unspecified atom stereocenters. The van der Waals surface area contributed by atoms with Crippen molar-refractivity contribution in [1.29, 1.82) is 0 Å². The summed E-state index contributed by atoms with van der Waals surface area (Å²) < 4.78 is 6.39. The fourth-order valence-electron chi connectivity index (χ4n) is 4.37. The summed E-state index contributed by atoms with van der Waals surface area (Å²) in [7, 11) is 0. The van der Waals surface area contributed by atoms with Crippen molar-refractivity contribution in [3.63, 3.8) is 0 Å². The van der Waals surface area contributed by atoms with Crippen LogP contribution in [0.25, 0.3) is 22.0 Å². The second-order valence-corrected chi connectivity index (χ2v) is 7.97. The van der Waals surface area contributed by atoms with Gasteiger partial charge in [0.2, 0.25) is 0 Å². The molecule has 5 aromatic rings. The lowest BCUT2D eigenvalue weighted by molar-refractivity contribution is 0.479. The van der Waals surface area contributed by atoms with Gasteiger partial charge in [0.15, 0.2) is 0 Å². The summed E-state index contributed by atoms with van der Waals surface area (Å²) in [6.07, 6.45) is 7.97. The van der Waals surface area contributed by atoms with Gasteiger partial charge in [0.1, 0.15) is 23.6 Å². The average molecular weight is 425 g/mol. The average Bonchev–Trinajstić information content (AvgIpc) is 3.24. The monoisotopic (exact) mass is 425 g/mol. The third-order valence-corrected chi connectivity index (χ3v) is 5.93. The molecule has 1 aromatic heterocycles. The maximum atomic E-state index is 6.39. The van der Waals surface area contributed by atoms with Crippen LogP contribution in [0.15, 0.2) is 91.3 Å². The van der Waals surface area contributed by atoms with Gasteiger partial charge in [0, 0.05) is 28.6 Å². The normalized spacial score (nSPS) is 11.5. The zero-order chi connectivity index (χ0) is 22.2. The highest BCUT2D eigenvalue weighted by molar-refractivity contribution is 5.91. The summed E-state index contributed by atoms with van der Waals surface area (Å²) in [6, 6.07) is 28.3. The molecule has 1 aliphatic rings. The first-order chi connectivity index (χ1) is 16.3. The van der Waals surface area contributed by atoms with Gasteiger partial charge in [-0.15, -0.1) is 6.42 Å². The Morgan fingerprint density at radius 3 is 2.67 bits per heavy atom. The molecule has 4 aromatic carbocycles. The summed E-state index contributed by atoms with van der Waals surface area (Å²) in [6.45, 7) is 0. The third kappa shape index (κ3) is 3.46. The molecule has 0 radical (unpaired) electrons. The highest BCUT2D eigenvalue weighted by atomic mass is 16.5. The van der Waals surface area contributed by atoms with E-state index in [0.717, 1.165) is 40.1 Å². The van der Waals surface area contributed by atoms with Gasteiger partial charge in [-0.1, -0.05) is 48.4 Å². The van der Waals surface area contributed by atoms with Crippen LogP contribution in [0.1, 0.15) is 16.7 Å². The van der Waals surface area contributed by atoms with Crippen molar-refractivity contribution in [1.82, 2.24) is 9.97 Å². The lowest BCUT2D eigenvalue weighted by Crippen LogP contribution is -1.97. The van der Waals surface area contributed by atoms with E-state index < -0.39 is 0 Å². The highest BCUT2D eigenvalue weighted by Gasteiger charge is 2.21. The molecule has 1 aliphatic carbocycles. The number of aromatic nitrogens is 2. The van der Waals surface area contributed by atoms with Crippen molar-refractivity contribution >= 4 is 22.4 Å². The van der Waals surface area contributed by atoms with E-state index in [1.165, 1.54) is 22.3 Å². The van der Waals surface area contributed by atoms with E-state index in [1.807, 2.05) is 54.6 Å². The minimum atomic E-state index is 0.699. The van der Waals surface area contributed by atoms with Gasteiger partial charge in [-0.25, -0.2) is 9.97 Å². The van der Waals surface area contributed by atoms with Crippen LogP contribution in [0.4, 0.5) is 11.5 Å². The van der Waals surface area contributed by atoms with Crippen molar-refractivity contribution in [2.75, 3.05) is 5.32 Å². The van der Waals surface area contributed by atoms with E-state index >= 15 is 0 Å². The van der Waals surface area contributed by atoms with Crippen LogP contribution in [0.5, 0.6) is 11.5 Å². The number of nitrogens with one attached hydrogen (secondary N) is 1. The molecule has 0 fully saturated rings. The van der Waals surface area contributed by atoms with E-state index in [-0.39, 0.29) is 0 Å². The van der Waals surface area contributed by atoms with Crippen molar-refractivity contribution in [3.05, 3.63) is 108 Å². The predicted octanol–water partition coefficient (Wildman–Crippen LogP) is 6.72. The maximum Gasteiger partial charge on any atom is 0.141 e. The summed E-state index contributed by atoms with van der Waals surface area (Å²) in [5, 5.41) is 4.24. The Bertz CT molecular complexity index is 1570. The number of rotatable bonds is 4. The molecule has 1 heterocycles. The Morgan fingerprint density at radius 2 is 1.73 bits per heavy atom. The molecule has 156 valence electrons. The Labute approximate surface area is 191 Å². The van der Waals surface area contributed by atoms with Gasteiger partial charge >= 0.3 is 0 Å². The van der Waals surface area contributed by atoms with Gasteiger partial charge in [0.25, 0.3) is 0 Å². The molecule has 0 saturated heterocycles. The van der Waals surface area contributed by atoms with E-state index in [2.05, 4.69) is 51.5 Å². The van der Waals surface area contributed by atoms with E-state index in [1.54, 1.807) is 6.33 Å². The van der Waals surface area contributed by atoms with E-state index in [9.17, 15) is 0 Å². The molecule has 4 heteroatoms. The van der Waals surface area contributed by atoms with Crippen molar-refractivity contribution in [3.8, 4) is 35.0 Å². The minimum Gasteiger partial charge on any atom is -0.457 e. The molecule has 6 rings (SSSR count). The molecule has 0 saturated carbocycles. The zero-order valence-electron chi connectivity index (χ0n) is 17.7. The topological polar surface area (TPSA) is 47.0 Å². The second kappa shape index (κ2) is 7.81. The number of terminal acetylenes is 1. The first-order valence-electron chi connectivity index (χ1n) is 10.7. The molecule has 0 amide bonds. The number of nitrogens with zero attached hydrogens (tertiary/aromatic N) is 2. The lowest BCUT2D eigenvalue weighted by atomic mass is 10.1. The number of benzene rings is 4. The standard InChI is InChI=1S/C29H19N3O/c1-2-19-7-5-9-21(15-19)32-29-26-17-22(13-14-27(26)30-18-31-29)33-28-12-6-11-24-23-10-4-3-8-20(23)16-25(24)28/h1,3-15,17-18H,16H2,(H,30,31,32). The quantitative estimate of drug-likeness (QED) is 0.319. The van der Waals surface area contributed by atoms with Crippen LogP contribution in [0.2, 0.25) is 0 Å². The van der Waals surface area contributed by atoms with Crippen LogP contribution in [-0.2, 0) is 6.42 Å². The van der Waals surface area contributed by atoms with Crippen molar-refractivity contribution in [2.45, 2.75) is 6.42 Å². The summed E-state index contributed by atoms with van der Waals surface area (Å²) in [5.74, 6) is 4.97. The van der Waals surface area contributed by atoms with Crippen LogP contribution in [0, 0.1) is 12.3 Å². The molecule has 0 aliphatic heterocycles. The predicted molar refractivity (Wildman–Crippen MR) is 132 cm³/mol. The summed E-state index contributed by atoms with van der Waals surface area (Å²) in [4.78, 5) is 8.87. The second-order valence-electron chi connectivity index (χ2n) is 7.97. The molecule has 0 bridgehead atoms. The number of hydrogen-bond acceptors (Lipinski definition) is 4. The first-order valence-corrected chi connectivity index (χ1v) is 10.7. The van der Waals surface area contributed by atoms with E-state index in [4.69, 9.17) is 11.2 Å². The highest BCUT2D eigenvalue weighted by Crippen LogP contribution is 2.42. The summed E-state index contributed by atoms with van der Waals surface area (Å²) in [5.41, 5.74) is 7.58. The Morgan fingerprint density at radius 1 is 0.848 bits per heavy atom. The number of ether oxygens (including phenoxy) is 1. The van der Waals surface area contributed by atoms with Crippen LogP contribution < -0.4 is 10.1 Å². The summed E-state index contributed by atoms with van der Waals surface area (Å²) >= 11 is 0. The van der Waals surface area contributed by atoms with Gasteiger partial charge < -0.3 is 10.1 Å². The van der Waals surface area contributed by atoms with Gasteiger partial charge in [-0.05, 0) is 59.2 Å². The van der Waals surface area contributed by atoms with Gasteiger partial charge in [-0.3, -0.25) is 0 Å². The molecule has 4 nitrogen and oxygen atoms in total. The van der Waals surface area contributed by atoms with E-state index in [0.29, 0.717) is 5.82 Å². The number of anilines is 2. The van der Waals surface area contributed by atoms with Gasteiger partial charge in [-0.2, -0.15) is 0 Å². The Kier molecular flexibility index (Phi) is 4.52. The van der Waals surface area contributed by atoms with Gasteiger partial charge in [0.05, 0.1) is 5.52 Å². The molecule has 33 heavy (non-hydrogen) atoms. The Hall–Kier alpha value is -4.62. The molecule has 1 N–H and O–H groups in total. The maximum absolute atomic E-state index is 6.39. The lowest BCUT2D eigenvalue weighted by Gasteiger charge is -2.13. The number of hydrogen-bond donors (Lipinski definition) is 1. The number of fused-ring (bicyclic) bond motifs is 4. The SMILES string of the molecule is C#Cc1cccc(Nc2ncnc3ccc(Oc4cccc5c4Cc4ccccc4-5)cc23)c1. The zero-order valence-corrected chi connectivity index (χ0v) is 17.7. The van der Waals surface area contributed by atoms with Crippen LogP contribution >= 0.6 is 0 Å². The molecule has 0 atom stereocenters. The van der Waals surface area contributed by atoms with Crippen LogP contribution in [0.3, 0.4) is 0 Å².